The van der Waals surface area contributed by atoms with Crippen molar-refractivity contribution in [3.63, 3.8) is 0 Å². The Morgan fingerprint density at radius 2 is 1.68 bits per heavy atom. The first-order valence-corrected chi connectivity index (χ1v) is 10.8. The molecular formula is C26H19ClO7. The SMILES string of the molecule is CCCOC(=O)c1ccc(Oc2coc3cc(OC(=O)c4ccccc4Cl)ccc3c2=O)cc1. The first kappa shape index (κ1) is 23.1. The Kier molecular flexibility index (Phi) is 6.94. The largest absolute Gasteiger partial charge is 0.462 e. The number of hydrogen-bond donors (Lipinski definition) is 0. The summed E-state index contributed by atoms with van der Waals surface area (Å²) in [7, 11) is 0. The molecule has 1 aromatic heterocycles. The third kappa shape index (κ3) is 5.10. The number of carbonyl (C=O) groups is 2. The van der Waals surface area contributed by atoms with Gasteiger partial charge in [-0.3, -0.25) is 4.79 Å². The number of fused-ring (bicyclic) bond motifs is 1. The van der Waals surface area contributed by atoms with Gasteiger partial charge in [0.15, 0.2) is 0 Å². The Morgan fingerprint density at radius 1 is 0.941 bits per heavy atom. The molecular weight excluding hydrogens is 460 g/mol. The van der Waals surface area contributed by atoms with Crippen LogP contribution in [0.2, 0.25) is 5.02 Å². The van der Waals surface area contributed by atoms with E-state index in [1.165, 1.54) is 24.5 Å². The molecule has 0 aliphatic rings. The van der Waals surface area contributed by atoms with Crippen LogP contribution in [0, 0.1) is 0 Å². The zero-order valence-electron chi connectivity index (χ0n) is 18.1. The zero-order chi connectivity index (χ0) is 24.1. The highest BCUT2D eigenvalue weighted by Crippen LogP contribution is 2.25. The maximum atomic E-state index is 12.8. The Morgan fingerprint density at radius 3 is 2.41 bits per heavy atom. The van der Waals surface area contributed by atoms with E-state index in [1.54, 1.807) is 48.5 Å². The predicted molar refractivity (Wildman–Crippen MR) is 126 cm³/mol. The second kappa shape index (κ2) is 10.2. The maximum absolute atomic E-state index is 12.8. The molecule has 0 amide bonds. The minimum atomic E-state index is -0.630. The number of hydrogen-bond acceptors (Lipinski definition) is 7. The summed E-state index contributed by atoms with van der Waals surface area (Å²) < 4.78 is 21.6. The van der Waals surface area contributed by atoms with Crippen LogP contribution in [-0.2, 0) is 4.74 Å². The molecule has 0 aliphatic carbocycles. The third-order valence-electron chi connectivity index (χ3n) is 4.77. The van der Waals surface area contributed by atoms with E-state index < -0.39 is 17.4 Å². The topological polar surface area (TPSA) is 92.0 Å². The minimum absolute atomic E-state index is 0.0328. The molecule has 0 bridgehead atoms. The summed E-state index contributed by atoms with van der Waals surface area (Å²) in [4.78, 5) is 37.1. The molecule has 8 heteroatoms. The van der Waals surface area contributed by atoms with Crippen molar-refractivity contribution in [2.75, 3.05) is 6.61 Å². The lowest BCUT2D eigenvalue weighted by Crippen LogP contribution is -2.09. The molecule has 4 aromatic rings. The fraction of sp³-hybridized carbons (Fsp3) is 0.115. The number of carbonyl (C=O) groups excluding carboxylic acids is 2. The van der Waals surface area contributed by atoms with Crippen LogP contribution in [0.4, 0.5) is 0 Å². The molecule has 1 heterocycles. The maximum Gasteiger partial charge on any atom is 0.345 e. The van der Waals surface area contributed by atoms with E-state index in [4.69, 9.17) is 30.2 Å². The average Bonchev–Trinajstić information content (AvgIpc) is 2.85. The van der Waals surface area contributed by atoms with E-state index in [-0.39, 0.29) is 33.1 Å². The quantitative estimate of drug-likeness (QED) is 0.236. The summed E-state index contributed by atoms with van der Waals surface area (Å²) in [6, 6.07) is 17.1. The van der Waals surface area contributed by atoms with Crippen LogP contribution in [0.5, 0.6) is 17.2 Å². The monoisotopic (exact) mass is 478 g/mol. The lowest BCUT2D eigenvalue weighted by molar-refractivity contribution is 0.0504. The van der Waals surface area contributed by atoms with Gasteiger partial charge in [-0.05, 0) is 55.0 Å². The summed E-state index contributed by atoms with van der Waals surface area (Å²) in [5.74, 6) is -0.544. The van der Waals surface area contributed by atoms with Crippen LogP contribution in [0.3, 0.4) is 0 Å². The van der Waals surface area contributed by atoms with Crippen molar-refractivity contribution in [3.05, 3.63) is 99.4 Å². The van der Waals surface area contributed by atoms with E-state index >= 15 is 0 Å². The van der Waals surface area contributed by atoms with E-state index in [1.807, 2.05) is 6.92 Å². The molecule has 0 spiro atoms. The van der Waals surface area contributed by atoms with Gasteiger partial charge in [-0.1, -0.05) is 30.7 Å². The molecule has 0 saturated carbocycles. The Hall–Kier alpha value is -4.10. The molecule has 0 N–H and O–H groups in total. The predicted octanol–water partition coefficient (Wildman–Crippen LogP) is 6.02. The molecule has 3 aromatic carbocycles. The van der Waals surface area contributed by atoms with Crippen molar-refractivity contribution in [1.82, 2.24) is 0 Å². The van der Waals surface area contributed by atoms with E-state index in [2.05, 4.69) is 0 Å². The number of rotatable bonds is 7. The zero-order valence-corrected chi connectivity index (χ0v) is 18.8. The molecule has 0 radical (unpaired) electrons. The molecule has 0 atom stereocenters. The second-order valence-corrected chi connectivity index (χ2v) is 7.63. The van der Waals surface area contributed by atoms with Crippen molar-refractivity contribution in [1.29, 1.82) is 0 Å². The highest BCUT2D eigenvalue weighted by Gasteiger charge is 2.15. The normalized spacial score (nSPS) is 10.6. The van der Waals surface area contributed by atoms with Crippen LogP contribution >= 0.6 is 11.6 Å². The lowest BCUT2D eigenvalue weighted by atomic mass is 10.2. The van der Waals surface area contributed by atoms with Gasteiger partial charge in [0, 0.05) is 6.07 Å². The number of ether oxygens (including phenoxy) is 3. The summed E-state index contributed by atoms with van der Waals surface area (Å²) in [6.45, 7) is 2.25. The van der Waals surface area contributed by atoms with E-state index in [9.17, 15) is 14.4 Å². The molecule has 34 heavy (non-hydrogen) atoms. The van der Waals surface area contributed by atoms with Crippen LogP contribution < -0.4 is 14.9 Å². The lowest BCUT2D eigenvalue weighted by Gasteiger charge is -2.08. The van der Waals surface area contributed by atoms with Gasteiger partial charge in [-0.15, -0.1) is 0 Å². The Balaban J connectivity index is 1.51. The minimum Gasteiger partial charge on any atom is -0.462 e. The Bertz CT molecular complexity index is 1410. The third-order valence-corrected chi connectivity index (χ3v) is 5.10. The summed E-state index contributed by atoms with van der Waals surface area (Å²) in [6.07, 6.45) is 1.91. The summed E-state index contributed by atoms with van der Waals surface area (Å²) in [5.41, 5.74) is 0.414. The molecule has 0 fully saturated rings. The standard InChI is InChI=1S/C26H19ClO7/c1-2-13-31-25(29)16-7-9-17(10-8-16)33-23-15-32-22-14-18(11-12-20(22)24(23)28)34-26(30)19-5-3-4-6-21(19)27/h3-12,14-15H,2,13H2,1H3. The van der Waals surface area contributed by atoms with E-state index in [0.29, 0.717) is 17.9 Å². The van der Waals surface area contributed by atoms with Gasteiger partial charge in [0.2, 0.25) is 11.2 Å². The first-order chi connectivity index (χ1) is 16.5. The van der Waals surface area contributed by atoms with Crippen molar-refractivity contribution < 1.29 is 28.2 Å². The van der Waals surface area contributed by atoms with Gasteiger partial charge in [-0.25, -0.2) is 9.59 Å². The van der Waals surface area contributed by atoms with Crippen LogP contribution in [0.1, 0.15) is 34.1 Å². The number of esters is 2. The number of halogens is 1. The van der Waals surface area contributed by atoms with Crippen LogP contribution in [0.25, 0.3) is 11.0 Å². The molecule has 7 nitrogen and oxygen atoms in total. The van der Waals surface area contributed by atoms with E-state index in [0.717, 1.165) is 6.42 Å². The second-order valence-electron chi connectivity index (χ2n) is 7.22. The molecule has 0 unspecified atom stereocenters. The fourth-order valence-electron chi connectivity index (χ4n) is 3.08. The molecule has 4 rings (SSSR count). The summed E-state index contributed by atoms with van der Waals surface area (Å²) >= 11 is 6.03. The highest BCUT2D eigenvalue weighted by molar-refractivity contribution is 6.33. The van der Waals surface area contributed by atoms with Crippen LogP contribution in [-0.4, -0.2) is 18.5 Å². The smallest absolute Gasteiger partial charge is 0.345 e. The molecule has 0 aliphatic heterocycles. The fourth-order valence-corrected chi connectivity index (χ4v) is 3.29. The van der Waals surface area contributed by atoms with Gasteiger partial charge < -0.3 is 18.6 Å². The van der Waals surface area contributed by atoms with Gasteiger partial charge in [0.25, 0.3) is 0 Å². The van der Waals surface area contributed by atoms with Gasteiger partial charge in [0.05, 0.1) is 28.1 Å². The van der Waals surface area contributed by atoms with Gasteiger partial charge in [0.1, 0.15) is 23.3 Å². The molecule has 0 saturated heterocycles. The van der Waals surface area contributed by atoms with Crippen LogP contribution in [0.15, 0.2) is 82.2 Å². The number of benzene rings is 3. The highest BCUT2D eigenvalue weighted by atomic mass is 35.5. The van der Waals surface area contributed by atoms with Crippen molar-refractivity contribution in [3.8, 4) is 17.2 Å². The van der Waals surface area contributed by atoms with Gasteiger partial charge in [-0.2, -0.15) is 0 Å². The molecule has 172 valence electrons. The summed E-state index contributed by atoms with van der Waals surface area (Å²) in [5, 5.41) is 0.516. The van der Waals surface area contributed by atoms with Gasteiger partial charge >= 0.3 is 11.9 Å². The Labute approximate surface area is 199 Å². The van der Waals surface area contributed by atoms with Crippen molar-refractivity contribution in [2.24, 2.45) is 0 Å². The average molecular weight is 479 g/mol. The first-order valence-electron chi connectivity index (χ1n) is 10.4. The van der Waals surface area contributed by atoms with Crippen molar-refractivity contribution >= 4 is 34.5 Å². The van der Waals surface area contributed by atoms with Crippen molar-refractivity contribution in [2.45, 2.75) is 13.3 Å².